The van der Waals surface area contributed by atoms with E-state index in [1.165, 1.54) is 0 Å². The number of nitrogens with two attached hydrogens (primary N) is 1. The predicted molar refractivity (Wildman–Crippen MR) is 53.4 cm³/mol. The number of rotatable bonds is 1. The zero-order chi connectivity index (χ0) is 9.35. The molecule has 1 unspecified atom stereocenters. The molecule has 0 saturated carbocycles. The van der Waals surface area contributed by atoms with Crippen molar-refractivity contribution in [3.05, 3.63) is 16.1 Å². The van der Waals surface area contributed by atoms with Gasteiger partial charge in [0.05, 0.1) is 11.7 Å². The monoisotopic (exact) mass is 184 g/mol. The Morgan fingerprint density at radius 1 is 1.50 bits per heavy atom. The minimum atomic E-state index is 0.0612. The summed E-state index contributed by atoms with van der Waals surface area (Å²) in [7, 11) is 0. The molecule has 0 amide bonds. The molecule has 0 fully saturated rings. The lowest BCUT2D eigenvalue weighted by Crippen LogP contribution is -2.12. The first-order chi connectivity index (χ1) is 5.41. The molecule has 3 heteroatoms. The Balaban J connectivity index is 2.92. The highest BCUT2D eigenvalue weighted by atomic mass is 32.1. The fourth-order valence-corrected chi connectivity index (χ4v) is 1.85. The summed E-state index contributed by atoms with van der Waals surface area (Å²) in [6.07, 6.45) is 0. The van der Waals surface area contributed by atoms with Crippen LogP contribution in [0.15, 0.2) is 5.38 Å². The SMILES string of the molecule is CC(N)c1nc(C(C)(C)C)cs1. The van der Waals surface area contributed by atoms with Gasteiger partial charge in [-0.05, 0) is 6.92 Å². The third-order valence-electron chi connectivity index (χ3n) is 1.68. The van der Waals surface area contributed by atoms with E-state index in [-0.39, 0.29) is 11.5 Å². The quantitative estimate of drug-likeness (QED) is 0.728. The van der Waals surface area contributed by atoms with Gasteiger partial charge >= 0.3 is 0 Å². The van der Waals surface area contributed by atoms with Crippen LogP contribution in [0, 0.1) is 0 Å². The summed E-state index contributed by atoms with van der Waals surface area (Å²) in [5.41, 5.74) is 7.00. The van der Waals surface area contributed by atoms with Crippen molar-refractivity contribution >= 4 is 11.3 Å². The van der Waals surface area contributed by atoms with E-state index in [0.717, 1.165) is 10.7 Å². The Morgan fingerprint density at radius 3 is 2.33 bits per heavy atom. The van der Waals surface area contributed by atoms with Crippen LogP contribution in [0.25, 0.3) is 0 Å². The van der Waals surface area contributed by atoms with Gasteiger partial charge in [0, 0.05) is 10.8 Å². The summed E-state index contributed by atoms with van der Waals surface area (Å²) in [6, 6.07) is 0.0612. The Kier molecular flexibility index (Phi) is 2.54. The lowest BCUT2D eigenvalue weighted by Gasteiger charge is -2.14. The Morgan fingerprint density at radius 2 is 2.08 bits per heavy atom. The van der Waals surface area contributed by atoms with Gasteiger partial charge in [-0.15, -0.1) is 11.3 Å². The van der Waals surface area contributed by atoms with Crippen LogP contribution in [0.4, 0.5) is 0 Å². The zero-order valence-corrected chi connectivity index (χ0v) is 8.90. The molecule has 0 aromatic carbocycles. The van der Waals surface area contributed by atoms with Crippen LogP contribution in [0.3, 0.4) is 0 Å². The smallest absolute Gasteiger partial charge is 0.109 e. The molecule has 0 radical (unpaired) electrons. The molecule has 68 valence electrons. The number of thiazole rings is 1. The highest BCUT2D eigenvalue weighted by Gasteiger charge is 2.18. The third-order valence-corrected chi connectivity index (χ3v) is 2.73. The van der Waals surface area contributed by atoms with Crippen LogP contribution in [0.5, 0.6) is 0 Å². The number of hydrogen-bond donors (Lipinski definition) is 1. The topological polar surface area (TPSA) is 38.9 Å². The molecule has 0 saturated heterocycles. The van der Waals surface area contributed by atoms with Gasteiger partial charge in [0.2, 0.25) is 0 Å². The molecular weight excluding hydrogens is 168 g/mol. The van der Waals surface area contributed by atoms with Crippen LogP contribution in [-0.4, -0.2) is 4.98 Å². The fraction of sp³-hybridized carbons (Fsp3) is 0.667. The van der Waals surface area contributed by atoms with E-state index >= 15 is 0 Å². The maximum atomic E-state index is 5.72. The Hall–Kier alpha value is -0.410. The second-order valence-electron chi connectivity index (χ2n) is 4.11. The molecule has 0 aliphatic heterocycles. The van der Waals surface area contributed by atoms with Crippen molar-refractivity contribution in [1.29, 1.82) is 0 Å². The van der Waals surface area contributed by atoms with Gasteiger partial charge in [0.1, 0.15) is 5.01 Å². The molecule has 1 aromatic heterocycles. The van der Waals surface area contributed by atoms with Crippen molar-refractivity contribution in [2.24, 2.45) is 5.73 Å². The van der Waals surface area contributed by atoms with Gasteiger partial charge in [-0.3, -0.25) is 0 Å². The van der Waals surface area contributed by atoms with Gasteiger partial charge in [-0.25, -0.2) is 4.98 Å². The first-order valence-corrected chi connectivity index (χ1v) is 5.00. The van der Waals surface area contributed by atoms with Crippen LogP contribution >= 0.6 is 11.3 Å². The molecule has 0 bridgehead atoms. The van der Waals surface area contributed by atoms with Crippen LogP contribution in [0.2, 0.25) is 0 Å². The molecule has 0 aliphatic carbocycles. The molecule has 1 rings (SSSR count). The summed E-state index contributed by atoms with van der Waals surface area (Å²) in [5.74, 6) is 0. The lowest BCUT2D eigenvalue weighted by atomic mass is 9.93. The van der Waals surface area contributed by atoms with E-state index in [2.05, 4.69) is 31.1 Å². The summed E-state index contributed by atoms with van der Waals surface area (Å²) in [4.78, 5) is 4.47. The van der Waals surface area contributed by atoms with E-state index < -0.39 is 0 Å². The molecule has 2 N–H and O–H groups in total. The van der Waals surface area contributed by atoms with E-state index in [1.807, 2.05) is 6.92 Å². The Bertz CT molecular complexity index is 258. The lowest BCUT2D eigenvalue weighted by molar-refractivity contribution is 0.569. The van der Waals surface area contributed by atoms with E-state index in [0.29, 0.717) is 0 Å². The number of nitrogens with zero attached hydrogens (tertiary/aromatic N) is 1. The average molecular weight is 184 g/mol. The predicted octanol–water partition coefficient (Wildman–Crippen LogP) is 2.46. The first kappa shape index (κ1) is 9.68. The number of hydrogen-bond acceptors (Lipinski definition) is 3. The summed E-state index contributed by atoms with van der Waals surface area (Å²) in [5, 5.41) is 3.12. The summed E-state index contributed by atoms with van der Waals surface area (Å²) >= 11 is 1.65. The summed E-state index contributed by atoms with van der Waals surface area (Å²) < 4.78 is 0. The van der Waals surface area contributed by atoms with Crippen molar-refractivity contribution in [2.75, 3.05) is 0 Å². The molecular formula is C9H16N2S. The largest absolute Gasteiger partial charge is 0.322 e. The minimum Gasteiger partial charge on any atom is -0.322 e. The molecule has 12 heavy (non-hydrogen) atoms. The van der Waals surface area contributed by atoms with Gasteiger partial charge in [-0.1, -0.05) is 20.8 Å². The molecule has 1 aromatic rings. The van der Waals surface area contributed by atoms with Crippen LogP contribution in [0.1, 0.15) is 44.4 Å². The van der Waals surface area contributed by atoms with Gasteiger partial charge in [-0.2, -0.15) is 0 Å². The van der Waals surface area contributed by atoms with Crippen molar-refractivity contribution in [2.45, 2.75) is 39.2 Å². The van der Waals surface area contributed by atoms with Crippen LogP contribution < -0.4 is 5.73 Å². The number of aromatic nitrogens is 1. The van der Waals surface area contributed by atoms with Gasteiger partial charge in [0.15, 0.2) is 0 Å². The highest BCUT2D eigenvalue weighted by molar-refractivity contribution is 7.09. The third kappa shape index (κ3) is 2.05. The minimum absolute atomic E-state index is 0.0612. The second-order valence-corrected chi connectivity index (χ2v) is 5.00. The molecule has 2 nitrogen and oxygen atoms in total. The molecule has 1 atom stereocenters. The van der Waals surface area contributed by atoms with Crippen molar-refractivity contribution in [3.8, 4) is 0 Å². The molecule has 1 heterocycles. The molecule has 0 aliphatic rings. The van der Waals surface area contributed by atoms with Gasteiger partial charge in [0.25, 0.3) is 0 Å². The normalized spacial score (nSPS) is 14.8. The van der Waals surface area contributed by atoms with E-state index in [9.17, 15) is 0 Å². The van der Waals surface area contributed by atoms with Gasteiger partial charge < -0.3 is 5.73 Å². The van der Waals surface area contributed by atoms with Crippen molar-refractivity contribution in [1.82, 2.24) is 4.98 Å². The van der Waals surface area contributed by atoms with E-state index in [4.69, 9.17) is 5.73 Å². The van der Waals surface area contributed by atoms with Crippen molar-refractivity contribution in [3.63, 3.8) is 0 Å². The van der Waals surface area contributed by atoms with Crippen molar-refractivity contribution < 1.29 is 0 Å². The Labute approximate surface area is 77.8 Å². The second kappa shape index (κ2) is 3.15. The van der Waals surface area contributed by atoms with Crippen LogP contribution in [-0.2, 0) is 5.41 Å². The zero-order valence-electron chi connectivity index (χ0n) is 8.09. The van der Waals surface area contributed by atoms with E-state index in [1.54, 1.807) is 11.3 Å². The maximum absolute atomic E-state index is 5.72. The average Bonchev–Trinajstić information content (AvgIpc) is 2.30. The standard InChI is InChI=1S/C9H16N2S/c1-6(10)8-11-7(5-12-8)9(2,3)4/h5-6H,10H2,1-4H3. The fourth-order valence-electron chi connectivity index (χ4n) is 0.841. The highest BCUT2D eigenvalue weighted by Crippen LogP contribution is 2.25. The summed E-state index contributed by atoms with van der Waals surface area (Å²) in [6.45, 7) is 8.44. The maximum Gasteiger partial charge on any atom is 0.109 e. The first-order valence-electron chi connectivity index (χ1n) is 4.13. The molecule has 0 spiro atoms.